The number of para-hydroxylation sites is 1. The minimum absolute atomic E-state index is 0.0225. The Labute approximate surface area is 127 Å². The van der Waals surface area contributed by atoms with E-state index in [4.69, 9.17) is 10.9 Å². The van der Waals surface area contributed by atoms with Crippen LogP contribution in [-0.4, -0.2) is 24.0 Å². The second kappa shape index (κ2) is 6.41. The van der Waals surface area contributed by atoms with Crippen LogP contribution in [0, 0.1) is 0 Å². The molecule has 0 aliphatic rings. The fraction of sp³-hybridized carbons (Fsp3) is 0.200. The third kappa shape index (κ3) is 3.05. The lowest BCUT2D eigenvalue weighted by atomic mass is 10.1. The molecule has 0 spiro atoms. The Morgan fingerprint density at radius 3 is 2.67 bits per heavy atom. The van der Waals surface area contributed by atoms with E-state index >= 15 is 0 Å². The average Bonchev–Trinajstić information content (AvgIpc) is 3.01. The Balaban J connectivity index is 2.36. The van der Waals surface area contributed by atoms with Gasteiger partial charge in [-0.1, -0.05) is 24.2 Å². The number of aryl methyl sites for hydroxylation is 1. The van der Waals surface area contributed by atoms with Crippen molar-refractivity contribution >= 4 is 28.8 Å². The molecule has 21 heavy (non-hydrogen) atoms. The topological polar surface area (TPSA) is 78.9 Å². The van der Waals surface area contributed by atoms with E-state index in [1.165, 1.54) is 16.2 Å². The van der Waals surface area contributed by atoms with Crippen molar-refractivity contribution in [2.45, 2.75) is 13.3 Å². The predicted octanol–water partition coefficient (Wildman–Crippen LogP) is 2.68. The Kier molecular flexibility index (Phi) is 4.59. The molecule has 3 N–H and O–H groups in total. The first kappa shape index (κ1) is 15.1. The fourth-order valence-electron chi connectivity index (χ4n) is 1.99. The summed E-state index contributed by atoms with van der Waals surface area (Å²) in [5.74, 6) is -0.136. The number of nitrogens with zero attached hydrogens (tertiary/aromatic N) is 2. The van der Waals surface area contributed by atoms with Gasteiger partial charge in [-0.15, -0.1) is 11.3 Å². The highest BCUT2D eigenvalue weighted by molar-refractivity contribution is 7.14. The molecule has 0 saturated carbocycles. The van der Waals surface area contributed by atoms with Gasteiger partial charge < -0.3 is 15.8 Å². The first-order chi connectivity index (χ1) is 10.1. The number of hydrogen-bond acceptors (Lipinski definition) is 4. The van der Waals surface area contributed by atoms with Crippen LogP contribution in [0.2, 0.25) is 0 Å². The van der Waals surface area contributed by atoms with Gasteiger partial charge in [-0.2, -0.15) is 0 Å². The Morgan fingerprint density at radius 2 is 2.05 bits per heavy atom. The van der Waals surface area contributed by atoms with Crippen molar-refractivity contribution in [2.75, 3.05) is 11.9 Å². The lowest BCUT2D eigenvalue weighted by Crippen LogP contribution is -2.28. The maximum atomic E-state index is 12.5. The molecule has 2 aromatic rings. The molecular formula is C15H17N3O2S. The summed E-state index contributed by atoms with van der Waals surface area (Å²) in [6.45, 7) is 2.05. The largest absolute Gasteiger partial charge is 0.409 e. The van der Waals surface area contributed by atoms with Crippen LogP contribution in [0.25, 0.3) is 0 Å². The number of rotatable bonds is 4. The molecule has 2 rings (SSSR count). The van der Waals surface area contributed by atoms with Gasteiger partial charge in [0.15, 0.2) is 5.84 Å². The number of amidine groups is 1. The van der Waals surface area contributed by atoms with Gasteiger partial charge in [-0.3, -0.25) is 4.79 Å². The molecule has 0 fully saturated rings. The molecule has 5 nitrogen and oxygen atoms in total. The van der Waals surface area contributed by atoms with Crippen molar-refractivity contribution in [1.29, 1.82) is 0 Å². The molecule has 110 valence electrons. The zero-order valence-electron chi connectivity index (χ0n) is 11.9. The smallest absolute Gasteiger partial charge is 0.268 e. The first-order valence-electron chi connectivity index (χ1n) is 6.52. The van der Waals surface area contributed by atoms with Crippen LogP contribution in [0.4, 0.5) is 5.69 Å². The van der Waals surface area contributed by atoms with E-state index in [1.54, 1.807) is 31.3 Å². The number of amides is 1. The lowest BCUT2D eigenvalue weighted by Gasteiger charge is -2.19. The van der Waals surface area contributed by atoms with E-state index in [2.05, 4.69) is 12.1 Å². The minimum Gasteiger partial charge on any atom is -0.409 e. The Morgan fingerprint density at radius 1 is 1.33 bits per heavy atom. The minimum atomic E-state index is -0.113. The maximum Gasteiger partial charge on any atom is 0.268 e. The average molecular weight is 303 g/mol. The second-order valence-corrected chi connectivity index (χ2v) is 5.65. The van der Waals surface area contributed by atoms with Gasteiger partial charge in [-0.25, -0.2) is 0 Å². The fourth-order valence-corrected chi connectivity index (χ4v) is 2.92. The van der Waals surface area contributed by atoms with E-state index in [-0.39, 0.29) is 11.7 Å². The molecule has 1 heterocycles. The van der Waals surface area contributed by atoms with Crippen LogP contribution in [0.3, 0.4) is 0 Å². The molecule has 0 saturated heterocycles. The summed E-state index contributed by atoms with van der Waals surface area (Å²) in [6, 6.07) is 10.8. The quantitative estimate of drug-likeness (QED) is 0.394. The number of benzene rings is 1. The Bertz CT molecular complexity index is 679. The molecule has 0 atom stereocenters. The predicted molar refractivity (Wildman–Crippen MR) is 85.4 cm³/mol. The summed E-state index contributed by atoms with van der Waals surface area (Å²) in [7, 11) is 1.68. The third-order valence-electron chi connectivity index (χ3n) is 3.17. The van der Waals surface area contributed by atoms with Crippen molar-refractivity contribution in [3.63, 3.8) is 0 Å². The van der Waals surface area contributed by atoms with Crippen molar-refractivity contribution in [3.05, 3.63) is 51.7 Å². The van der Waals surface area contributed by atoms with Crippen LogP contribution in [-0.2, 0) is 6.42 Å². The van der Waals surface area contributed by atoms with Crippen LogP contribution in [0.15, 0.2) is 41.6 Å². The summed E-state index contributed by atoms with van der Waals surface area (Å²) in [4.78, 5) is 15.9. The zero-order valence-corrected chi connectivity index (χ0v) is 12.7. The number of thiophene rings is 1. The lowest BCUT2D eigenvalue weighted by molar-refractivity contribution is 0.0997. The SMILES string of the molecule is CCc1ccc(C(=O)N(C)c2ccccc2/C(N)=N/O)s1. The van der Waals surface area contributed by atoms with Gasteiger partial charge in [0.05, 0.1) is 10.6 Å². The van der Waals surface area contributed by atoms with Crippen molar-refractivity contribution < 1.29 is 10.0 Å². The van der Waals surface area contributed by atoms with Gasteiger partial charge in [0.1, 0.15) is 0 Å². The number of anilines is 1. The summed E-state index contributed by atoms with van der Waals surface area (Å²) in [6.07, 6.45) is 0.905. The Hall–Kier alpha value is -2.34. The van der Waals surface area contributed by atoms with Crippen LogP contribution in [0.5, 0.6) is 0 Å². The normalized spacial score (nSPS) is 11.4. The van der Waals surface area contributed by atoms with Gasteiger partial charge in [-0.05, 0) is 30.7 Å². The molecule has 1 aromatic carbocycles. The molecule has 0 aliphatic heterocycles. The standard InChI is InChI=1S/C15H17N3O2S/c1-3-10-8-9-13(21-10)15(19)18(2)12-7-5-4-6-11(12)14(16)17-20/h4-9,20H,3H2,1-2H3,(H2,16,17). The summed E-state index contributed by atoms with van der Waals surface area (Å²) < 4.78 is 0. The summed E-state index contributed by atoms with van der Waals surface area (Å²) in [5.41, 5.74) is 6.78. The number of oxime groups is 1. The number of nitrogens with two attached hydrogens (primary N) is 1. The first-order valence-corrected chi connectivity index (χ1v) is 7.33. The van der Waals surface area contributed by atoms with E-state index in [9.17, 15) is 4.79 Å². The van der Waals surface area contributed by atoms with Crippen molar-refractivity contribution in [3.8, 4) is 0 Å². The van der Waals surface area contributed by atoms with Crippen LogP contribution >= 0.6 is 11.3 Å². The van der Waals surface area contributed by atoms with Crippen LogP contribution < -0.4 is 10.6 Å². The molecule has 0 bridgehead atoms. The number of carbonyl (C=O) groups is 1. The number of carbonyl (C=O) groups excluding carboxylic acids is 1. The van der Waals surface area contributed by atoms with Crippen molar-refractivity contribution in [1.82, 2.24) is 0 Å². The monoisotopic (exact) mass is 303 g/mol. The second-order valence-electron chi connectivity index (χ2n) is 4.49. The van der Waals surface area contributed by atoms with E-state index in [1.807, 2.05) is 12.1 Å². The van der Waals surface area contributed by atoms with Gasteiger partial charge in [0.25, 0.3) is 5.91 Å². The van der Waals surface area contributed by atoms with Gasteiger partial charge >= 0.3 is 0 Å². The highest BCUT2D eigenvalue weighted by Crippen LogP contribution is 2.24. The maximum absolute atomic E-state index is 12.5. The van der Waals surface area contributed by atoms with E-state index in [0.29, 0.717) is 16.1 Å². The molecule has 6 heteroatoms. The van der Waals surface area contributed by atoms with Crippen molar-refractivity contribution in [2.24, 2.45) is 10.9 Å². The van der Waals surface area contributed by atoms with E-state index < -0.39 is 0 Å². The van der Waals surface area contributed by atoms with Gasteiger partial charge in [0.2, 0.25) is 0 Å². The molecule has 0 radical (unpaired) electrons. The van der Waals surface area contributed by atoms with Crippen LogP contribution in [0.1, 0.15) is 27.0 Å². The van der Waals surface area contributed by atoms with E-state index in [0.717, 1.165) is 11.3 Å². The van der Waals surface area contributed by atoms with Gasteiger partial charge in [0, 0.05) is 17.5 Å². The zero-order chi connectivity index (χ0) is 15.4. The third-order valence-corrected chi connectivity index (χ3v) is 4.39. The summed E-state index contributed by atoms with van der Waals surface area (Å²) in [5, 5.41) is 11.9. The highest BCUT2D eigenvalue weighted by atomic mass is 32.1. The molecule has 0 aliphatic carbocycles. The molecule has 1 amide bonds. The molecule has 0 unspecified atom stereocenters. The number of hydrogen-bond donors (Lipinski definition) is 2. The highest BCUT2D eigenvalue weighted by Gasteiger charge is 2.19. The molecule has 1 aromatic heterocycles. The summed E-state index contributed by atoms with van der Waals surface area (Å²) >= 11 is 1.48. The molecular weight excluding hydrogens is 286 g/mol.